The zero-order valence-electron chi connectivity index (χ0n) is 20.5. The average molecular weight is 452 g/mol. The molecule has 1 aliphatic heterocycles. The van der Waals surface area contributed by atoms with Crippen LogP contribution in [0.15, 0.2) is 42.5 Å². The molecule has 1 unspecified atom stereocenters. The summed E-state index contributed by atoms with van der Waals surface area (Å²) in [7, 11) is 1.63. The van der Waals surface area contributed by atoms with Crippen LogP contribution < -0.4 is 15.4 Å². The third kappa shape index (κ3) is 5.38. The van der Waals surface area contributed by atoms with Gasteiger partial charge in [-0.05, 0) is 80.5 Å². The Bertz CT molecular complexity index is 965. The third-order valence-electron chi connectivity index (χ3n) is 6.66. The van der Waals surface area contributed by atoms with Gasteiger partial charge in [0.2, 0.25) is 11.8 Å². The van der Waals surface area contributed by atoms with Gasteiger partial charge in [0.15, 0.2) is 0 Å². The summed E-state index contributed by atoms with van der Waals surface area (Å²) < 4.78 is 5.25. The summed E-state index contributed by atoms with van der Waals surface area (Å²) in [6, 6.07) is 13.0. The van der Waals surface area contributed by atoms with Crippen molar-refractivity contribution in [2.75, 3.05) is 19.0 Å². The molecule has 2 N–H and O–H groups in total. The Hall–Kier alpha value is -2.86. The van der Waals surface area contributed by atoms with Gasteiger partial charge in [-0.3, -0.25) is 14.9 Å². The Labute approximate surface area is 197 Å². The van der Waals surface area contributed by atoms with Crippen LogP contribution in [-0.2, 0) is 9.59 Å². The highest BCUT2D eigenvalue weighted by Gasteiger charge is 2.51. The lowest BCUT2D eigenvalue weighted by Crippen LogP contribution is -2.55. The van der Waals surface area contributed by atoms with Crippen molar-refractivity contribution < 1.29 is 14.3 Å². The van der Waals surface area contributed by atoms with Gasteiger partial charge in [0, 0.05) is 5.69 Å². The second-order valence-corrected chi connectivity index (χ2v) is 8.71. The van der Waals surface area contributed by atoms with Gasteiger partial charge in [0.05, 0.1) is 12.8 Å². The van der Waals surface area contributed by atoms with Gasteiger partial charge in [0.1, 0.15) is 18.3 Å². The summed E-state index contributed by atoms with van der Waals surface area (Å²) in [6.45, 7) is 8.11. The number of carbonyl (C=O) groups is 2. The number of methoxy groups -OCH3 is 1. The normalized spacial score (nSPS) is 19.1. The molecule has 2 amide bonds. The number of hydrogen-bond donors (Lipinski definition) is 2. The first-order valence-corrected chi connectivity index (χ1v) is 12.0. The van der Waals surface area contributed by atoms with Crippen molar-refractivity contribution in [1.82, 2.24) is 10.2 Å². The third-order valence-corrected chi connectivity index (χ3v) is 6.66. The van der Waals surface area contributed by atoms with E-state index < -0.39 is 11.7 Å². The van der Waals surface area contributed by atoms with E-state index in [2.05, 4.69) is 10.6 Å². The van der Waals surface area contributed by atoms with E-state index in [1.54, 1.807) is 12.0 Å². The van der Waals surface area contributed by atoms with E-state index in [-0.39, 0.29) is 18.4 Å². The molecule has 2 aromatic carbocycles. The number of carbonyl (C=O) groups excluding carboxylic acids is 2. The Balaban J connectivity index is 0.00000149. The molecule has 2 fully saturated rings. The summed E-state index contributed by atoms with van der Waals surface area (Å²) in [4.78, 5) is 28.2. The lowest BCUT2D eigenvalue weighted by atomic mass is 9.88. The minimum atomic E-state index is -0.458. The first-order valence-electron chi connectivity index (χ1n) is 12.0. The number of aryl methyl sites for hydroxylation is 2. The van der Waals surface area contributed by atoms with E-state index in [0.717, 1.165) is 54.7 Å². The molecule has 2 aromatic rings. The number of amides is 2. The summed E-state index contributed by atoms with van der Waals surface area (Å²) in [5, 5.41) is 6.57. The fraction of sp³-hybridized carbons (Fsp3) is 0.481. The number of anilines is 1. The van der Waals surface area contributed by atoms with Crippen molar-refractivity contribution in [3.63, 3.8) is 0 Å². The van der Waals surface area contributed by atoms with E-state index in [0.29, 0.717) is 0 Å². The number of nitrogens with zero attached hydrogens (tertiary/aromatic N) is 1. The lowest BCUT2D eigenvalue weighted by Gasteiger charge is -2.41. The van der Waals surface area contributed by atoms with Gasteiger partial charge >= 0.3 is 0 Å². The van der Waals surface area contributed by atoms with Crippen molar-refractivity contribution in [3.05, 3.63) is 59.2 Å². The van der Waals surface area contributed by atoms with E-state index in [9.17, 15) is 9.59 Å². The van der Waals surface area contributed by atoms with Crippen LogP contribution in [-0.4, -0.2) is 36.0 Å². The maximum atomic E-state index is 13.5. The molecule has 1 heterocycles. The zero-order valence-corrected chi connectivity index (χ0v) is 20.5. The van der Waals surface area contributed by atoms with Gasteiger partial charge < -0.3 is 15.0 Å². The van der Waals surface area contributed by atoms with Crippen molar-refractivity contribution in [2.24, 2.45) is 0 Å². The predicted molar refractivity (Wildman–Crippen MR) is 132 cm³/mol. The molecule has 1 spiro atoms. The van der Waals surface area contributed by atoms with E-state index >= 15 is 0 Å². The van der Waals surface area contributed by atoms with E-state index in [4.69, 9.17) is 4.74 Å². The van der Waals surface area contributed by atoms with Crippen LogP contribution in [0.1, 0.15) is 68.7 Å². The Morgan fingerprint density at radius 3 is 2.33 bits per heavy atom. The minimum Gasteiger partial charge on any atom is -0.497 e. The van der Waals surface area contributed by atoms with Gasteiger partial charge in [-0.15, -0.1) is 0 Å². The number of benzene rings is 2. The molecule has 0 aromatic heterocycles. The van der Waals surface area contributed by atoms with Crippen molar-refractivity contribution >= 4 is 17.5 Å². The Morgan fingerprint density at radius 1 is 1.06 bits per heavy atom. The molecule has 6 heteroatoms. The molecular weight excluding hydrogens is 414 g/mol. The molecule has 1 saturated carbocycles. The van der Waals surface area contributed by atoms with Crippen molar-refractivity contribution in [2.45, 2.75) is 71.5 Å². The topological polar surface area (TPSA) is 70.7 Å². The molecule has 2 aliphatic rings. The second-order valence-electron chi connectivity index (χ2n) is 8.71. The number of ether oxygens (including phenoxy) is 1. The predicted octanol–water partition coefficient (Wildman–Crippen LogP) is 5.11. The standard InChI is InChI=1S/C25H31N3O3.C2H6/c1-17-7-10-20(15-18(17)2)26-22(29)16-28-24(30)23(19-8-11-21(31-3)12-9-19)27-25(28)13-5-4-6-14-25;1-2/h7-12,15,23,27H,4-6,13-14,16H2,1-3H3,(H,26,29);1-2H3. The van der Waals surface area contributed by atoms with E-state index in [1.807, 2.05) is 70.2 Å². The van der Waals surface area contributed by atoms with Crippen LogP contribution in [0.3, 0.4) is 0 Å². The smallest absolute Gasteiger partial charge is 0.246 e. The van der Waals surface area contributed by atoms with Crippen LogP contribution in [0.2, 0.25) is 0 Å². The molecule has 33 heavy (non-hydrogen) atoms. The molecule has 0 radical (unpaired) electrons. The Kier molecular flexibility index (Phi) is 8.14. The molecule has 1 aliphatic carbocycles. The van der Waals surface area contributed by atoms with Crippen LogP contribution in [0.4, 0.5) is 5.69 Å². The quantitative estimate of drug-likeness (QED) is 0.663. The maximum Gasteiger partial charge on any atom is 0.246 e. The number of hydrogen-bond acceptors (Lipinski definition) is 4. The summed E-state index contributed by atoms with van der Waals surface area (Å²) >= 11 is 0. The number of rotatable bonds is 5. The van der Waals surface area contributed by atoms with Crippen LogP contribution >= 0.6 is 0 Å². The molecule has 1 atom stereocenters. The summed E-state index contributed by atoms with van der Waals surface area (Å²) in [6.07, 6.45) is 4.98. The highest BCUT2D eigenvalue weighted by molar-refractivity contribution is 5.96. The summed E-state index contributed by atoms with van der Waals surface area (Å²) in [5.74, 6) is 0.548. The van der Waals surface area contributed by atoms with Crippen LogP contribution in [0, 0.1) is 13.8 Å². The molecule has 1 saturated heterocycles. The SMILES string of the molecule is CC.COc1ccc(C2NC3(CCCCC3)N(CC(=O)Nc3ccc(C)c(C)c3)C2=O)cc1. The van der Waals surface area contributed by atoms with Crippen LogP contribution in [0.5, 0.6) is 5.75 Å². The molecule has 0 bridgehead atoms. The lowest BCUT2D eigenvalue weighted by molar-refractivity contribution is -0.137. The second kappa shape index (κ2) is 10.8. The first kappa shape index (κ1) is 24.8. The average Bonchev–Trinajstić information content (AvgIpc) is 3.09. The molecule has 178 valence electrons. The number of nitrogens with one attached hydrogen (secondary N) is 2. The van der Waals surface area contributed by atoms with Gasteiger partial charge in [-0.25, -0.2) is 0 Å². The fourth-order valence-electron chi connectivity index (χ4n) is 4.74. The molecule has 4 rings (SSSR count). The minimum absolute atomic E-state index is 0.0395. The molecular formula is C27H37N3O3. The van der Waals surface area contributed by atoms with Gasteiger partial charge in [-0.2, -0.15) is 0 Å². The zero-order chi connectivity index (χ0) is 24.0. The highest BCUT2D eigenvalue weighted by Crippen LogP contribution is 2.40. The van der Waals surface area contributed by atoms with Crippen molar-refractivity contribution in [1.29, 1.82) is 0 Å². The van der Waals surface area contributed by atoms with Gasteiger partial charge in [0.25, 0.3) is 0 Å². The Morgan fingerprint density at radius 2 is 1.73 bits per heavy atom. The molecule has 6 nitrogen and oxygen atoms in total. The van der Waals surface area contributed by atoms with Crippen LogP contribution in [0.25, 0.3) is 0 Å². The first-order chi connectivity index (χ1) is 15.9. The monoisotopic (exact) mass is 451 g/mol. The van der Waals surface area contributed by atoms with E-state index in [1.165, 1.54) is 5.56 Å². The fourth-order valence-corrected chi connectivity index (χ4v) is 4.74. The van der Waals surface area contributed by atoms with Crippen molar-refractivity contribution in [3.8, 4) is 5.75 Å². The summed E-state index contributed by atoms with van der Waals surface area (Å²) in [5.41, 5.74) is 3.51. The highest BCUT2D eigenvalue weighted by atomic mass is 16.5. The maximum absolute atomic E-state index is 13.5. The van der Waals surface area contributed by atoms with Gasteiger partial charge in [-0.1, -0.05) is 38.5 Å². The largest absolute Gasteiger partial charge is 0.497 e.